The lowest BCUT2D eigenvalue weighted by Crippen LogP contribution is -2.47. The number of piperazine rings is 1. The van der Waals surface area contributed by atoms with Crippen LogP contribution in [0.2, 0.25) is 0 Å². The summed E-state index contributed by atoms with van der Waals surface area (Å²) in [6.07, 6.45) is 4.80. The summed E-state index contributed by atoms with van der Waals surface area (Å²) in [5.41, 5.74) is 4.44. The van der Waals surface area contributed by atoms with E-state index in [1.165, 1.54) is 28.1 Å². The number of thiophene rings is 1. The summed E-state index contributed by atoms with van der Waals surface area (Å²) >= 11 is 1.60. The zero-order chi connectivity index (χ0) is 20.2. The maximum absolute atomic E-state index is 12.5. The Hall–Kier alpha value is -2.36. The first-order valence-electron chi connectivity index (χ1n) is 10.5. The van der Waals surface area contributed by atoms with Gasteiger partial charge in [0, 0.05) is 49.7 Å². The van der Waals surface area contributed by atoms with Crippen molar-refractivity contribution >= 4 is 27.9 Å². The van der Waals surface area contributed by atoms with Gasteiger partial charge in [0.1, 0.15) is 11.1 Å². The molecule has 0 saturated carbocycles. The molecule has 2 aliphatic rings. The Morgan fingerprint density at radius 1 is 1.21 bits per heavy atom. The number of carbonyl (C=O) groups excluding carboxylic acids is 1. The number of rotatable bonds is 5. The van der Waals surface area contributed by atoms with Crippen LogP contribution in [-0.4, -0.2) is 43.5 Å². The Bertz CT molecular complexity index is 921. The molecule has 4 rings (SSSR count). The number of anilines is 2. The van der Waals surface area contributed by atoms with Gasteiger partial charge in [0.25, 0.3) is 0 Å². The Morgan fingerprint density at radius 3 is 2.76 bits per heavy atom. The van der Waals surface area contributed by atoms with E-state index in [1.54, 1.807) is 11.3 Å². The highest BCUT2D eigenvalue weighted by Gasteiger charge is 2.22. The molecule has 29 heavy (non-hydrogen) atoms. The van der Waals surface area contributed by atoms with Gasteiger partial charge < -0.3 is 10.2 Å². The quantitative estimate of drug-likeness (QED) is 0.814. The van der Waals surface area contributed by atoms with Crippen LogP contribution in [0.5, 0.6) is 0 Å². The van der Waals surface area contributed by atoms with E-state index < -0.39 is 0 Å². The van der Waals surface area contributed by atoms with Gasteiger partial charge in [-0.25, -0.2) is 0 Å². The largest absolute Gasteiger partial charge is 0.369 e. The molecule has 0 spiro atoms. The number of amides is 1. The predicted octanol–water partition coefficient (Wildman–Crippen LogP) is 3.96. The standard InChI is InChI=1S/C23H28N4OS/c1-17-5-4-6-18(15-17)27-13-11-26(12-14-27)10-9-22(28)25-23-20(16-24)19-7-2-3-8-21(19)29-23/h4-6,15H,2-3,7-14H2,1H3,(H,25,28). The molecule has 1 aliphatic heterocycles. The Morgan fingerprint density at radius 2 is 2.00 bits per heavy atom. The predicted molar refractivity (Wildman–Crippen MR) is 119 cm³/mol. The topological polar surface area (TPSA) is 59.4 Å². The van der Waals surface area contributed by atoms with Gasteiger partial charge in [0.05, 0.1) is 5.56 Å². The lowest BCUT2D eigenvalue weighted by atomic mass is 9.96. The Balaban J connectivity index is 1.27. The van der Waals surface area contributed by atoms with Crippen molar-refractivity contribution in [2.75, 3.05) is 42.9 Å². The Kier molecular flexibility index (Phi) is 6.17. The fraction of sp³-hybridized carbons (Fsp3) is 0.478. The fourth-order valence-corrected chi connectivity index (χ4v) is 5.53. The third kappa shape index (κ3) is 4.63. The van der Waals surface area contributed by atoms with Crippen molar-refractivity contribution in [3.05, 3.63) is 45.8 Å². The summed E-state index contributed by atoms with van der Waals surface area (Å²) in [7, 11) is 0. The number of carbonyl (C=O) groups is 1. The van der Waals surface area contributed by atoms with Crippen LogP contribution in [0, 0.1) is 18.3 Å². The summed E-state index contributed by atoms with van der Waals surface area (Å²) in [6, 6.07) is 11.0. The molecule has 0 atom stereocenters. The van der Waals surface area contributed by atoms with Gasteiger partial charge in [0.2, 0.25) is 5.91 Å². The van der Waals surface area contributed by atoms with Crippen molar-refractivity contribution in [2.24, 2.45) is 0 Å². The summed E-state index contributed by atoms with van der Waals surface area (Å²) in [6.45, 7) is 6.80. The van der Waals surface area contributed by atoms with Crippen LogP contribution < -0.4 is 10.2 Å². The van der Waals surface area contributed by atoms with Crippen molar-refractivity contribution in [3.8, 4) is 6.07 Å². The summed E-state index contributed by atoms with van der Waals surface area (Å²) < 4.78 is 0. The van der Waals surface area contributed by atoms with E-state index >= 15 is 0 Å². The third-order valence-corrected chi connectivity index (χ3v) is 7.14. The lowest BCUT2D eigenvalue weighted by Gasteiger charge is -2.36. The molecule has 2 aromatic rings. The maximum atomic E-state index is 12.5. The molecular weight excluding hydrogens is 380 g/mol. The van der Waals surface area contributed by atoms with Crippen LogP contribution in [0.4, 0.5) is 10.7 Å². The minimum atomic E-state index is 0.0150. The van der Waals surface area contributed by atoms with Crippen LogP contribution >= 0.6 is 11.3 Å². The molecule has 1 N–H and O–H groups in total. The average molecular weight is 409 g/mol. The average Bonchev–Trinajstić information content (AvgIpc) is 3.09. The van der Waals surface area contributed by atoms with Crippen LogP contribution in [0.1, 0.15) is 40.8 Å². The first kappa shape index (κ1) is 19.9. The second-order valence-electron chi connectivity index (χ2n) is 7.99. The number of nitrogens with zero attached hydrogens (tertiary/aromatic N) is 3. The van der Waals surface area contributed by atoms with Gasteiger partial charge in [-0.05, 0) is 55.9 Å². The van der Waals surface area contributed by atoms with E-state index in [9.17, 15) is 10.1 Å². The summed E-state index contributed by atoms with van der Waals surface area (Å²) in [4.78, 5) is 18.6. The van der Waals surface area contributed by atoms with E-state index in [-0.39, 0.29) is 5.91 Å². The zero-order valence-electron chi connectivity index (χ0n) is 17.0. The van der Waals surface area contributed by atoms with Crippen molar-refractivity contribution in [2.45, 2.75) is 39.0 Å². The van der Waals surface area contributed by atoms with Gasteiger partial charge in [-0.15, -0.1) is 11.3 Å². The lowest BCUT2D eigenvalue weighted by molar-refractivity contribution is -0.116. The third-order valence-electron chi connectivity index (χ3n) is 5.93. The van der Waals surface area contributed by atoms with E-state index in [0.717, 1.165) is 57.0 Å². The number of nitrogens with one attached hydrogen (secondary N) is 1. The SMILES string of the molecule is Cc1cccc(N2CCN(CCC(=O)Nc3sc4c(c3C#N)CCCC4)CC2)c1. The molecule has 0 radical (unpaired) electrons. The molecule has 1 aromatic heterocycles. The minimum Gasteiger partial charge on any atom is -0.369 e. The van der Waals surface area contributed by atoms with Gasteiger partial charge in [-0.2, -0.15) is 5.26 Å². The number of aryl methyl sites for hydroxylation is 2. The molecule has 0 bridgehead atoms. The number of benzene rings is 1. The molecule has 1 aromatic carbocycles. The zero-order valence-corrected chi connectivity index (χ0v) is 17.9. The first-order chi connectivity index (χ1) is 14.1. The van der Waals surface area contributed by atoms with Crippen LogP contribution in [0.15, 0.2) is 24.3 Å². The van der Waals surface area contributed by atoms with Crippen LogP contribution in [0.3, 0.4) is 0 Å². The first-order valence-corrected chi connectivity index (χ1v) is 11.3. The molecule has 1 saturated heterocycles. The number of hydrogen-bond donors (Lipinski definition) is 1. The smallest absolute Gasteiger partial charge is 0.226 e. The number of fused-ring (bicyclic) bond motifs is 1. The summed E-state index contributed by atoms with van der Waals surface area (Å²) in [5, 5.41) is 13.3. The van der Waals surface area contributed by atoms with E-state index in [1.807, 2.05) is 0 Å². The highest BCUT2D eigenvalue weighted by atomic mass is 32.1. The second-order valence-corrected chi connectivity index (χ2v) is 9.10. The highest BCUT2D eigenvalue weighted by molar-refractivity contribution is 7.16. The van der Waals surface area contributed by atoms with E-state index in [4.69, 9.17) is 0 Å². The van der Waals surface area contributed by atoms with Crippen molar-refractivity contribution in [3.63, 3.8) is 0 Å². The van der Waals surface area contributed by atoms with Gasteiger partial charge >= 0.3 is 0 Å². The number of nitriles is 1. The molecule has 0 unspecified atom stereocenters. The van der Waals surface area contributed by atoms with Crippen LogP contribution in [0.25, 0.3) is 0 Å². The van der Waals surface area contributed by atoms with Crippen molar-refractivity contribution < 1.29 is 4.79 Å². The highest BCUT2D eigenvalue weighted by Crippen LogP contribution is 2.37. The molecule has 1 amide bonds. The molecule has 6 heteroatoms. The molecule has 152 valence electrons. The minimum absolute atomic E-state index is 0.0150. The molecular formula is C23H28N4OS. The molecule has 2 heterocycles. The monoisotopic (exact) mass is 408 g/mol. The number of hydrogen-bond acceptors (Lipinski definition) is 5. The molecule has 5 nitrogen and oxygen atoms in total. The van der Waals surface area contributed by atoms with Crippen molar-refractivity contribution in [1.82, 2.24) is 4.90 Å². The fourth-order valence-electron chi connectivity index (χ4n) is 4.28. The Labute approximate surface area is 176 Å². The summed E-state index contributed by atoms with van der Waals surface area (Å²) in [5.74, 6) is 0.0150. The normalized spacial score (nSPS) is 16.9. The van der Waals surface area contributed by atoms with Gasteiger partial charge in [0.15, 0.2) is 0 Å². The van der Waals surface area contributed by atoms with Gasteiger partial charge in [-0.3, -0.25) is 9.69 Å². The van der Waals surface area contributed by atoms with Crippen molar-refractivity contribution in [1.29, 1.82) is 5.26 Å². The maximum Gasteiger partial charge on any atom is 0.226 e. The molecule has 1 fully saturated rings. The molecule has 1 aliphatic carbocycles. The second kappa shape index (κ2) is 8.98. The van der Waals surface area contributed by atoms with E-state index in [2.05, 4.69) is 52.4 Å². The van der Waals surface area contributed by atoms with Crippen LogP contribution in [-0.2, 0) is 17.6 Å². The van der Waals surface area contributed by atoms with Gasteiger partial charge in [-0.1, -0.05) is 12.1 Å². The van der Waals surface area contributed by atoms with E-state index in [0.29, 0.717) is 12.0 Å².